The van der Waals surface area contributed by atoms with E-state index < -0.39 is 11.4 Å². The van der Waals surface area contributed by atoms with Gasteiger partial charge in [0.05, 0.1) is 10.8 Å². The predicted molar refractivity (Wildman–Crippen MR) is 131 cm³/mol. The fourth-order valence-corrected chi connectivity index (χ4v) is 4.98. The van der Waals surface area contributed by atoms with Crippen LogP contribution in [0.2, 0.25) is 0 Å². The molecule has 2 N–H and O–H groups in total. The molecule has 0 saturated heterocycles. The Hall–Kier alpha value is -3.47. The van der Waals surface area contributed by atoms with Gasteiger partial charge in [0, 0.05) is 17.0 Å². The lowest BCUT2D eigenvalue weighted by atomic mass is 9.76. The number of benzene rings is 2. The highest BCUT2D eigenvalue weighted by Crippen LogP contribution is 2.49. The van der Waals surface area contributed by atoms with Gasteiger partial charge in [-0.05, 0) is 71.7 Å². The molecule has 1 aromatic heterocycles. The molecule has 2 heterocycles. The number of phenols is 2. The zero-order chi connectivity index (χ0) is 23.7. The molecule has 2 aliphatic rings. The Bertz CT molecular complexity index is 1480. The Balaban J connectivity index is 1.97. The van der Waals surface area contributed by atoms with Gasteiger partial charge in [0.15, 0.2) is 11.3 Å². The van der Waals surface area contributed by atoms with Crippen molar-refractivity contribution in [2.45, 2.75) is 59.0 Å². The summed E-state index contributed by atoms with van der Waals surface area (Å²) in [6.45, 7) is 10.3. The van der Waals surface area contributed by atoms with Crippen molar-refractivity contribution in [3.63, 3.8) is 0 Å². The molecular weight excluding hydrogens is 416 g/mol. The minimum Gasteiger partial charge on any atom is -0.504 e. The molecular formula is C28H28O5. The third kappa shape index (κ3) is 3.34. The number of ether oxygens (including phenoxy) is 1. The molecule has 1 unspecified atom stereocenters. The molecule has 2 aromatic carbocycles. The van der Waals surface area contributed by atoms with E-state index >= 15 is 0 Å². The van der Waals surface area contributed by atoms with Crippen LogP contribution in [0.1, 0.15) is 64.5 Å². The van der Waals surface area contributed by atoms with Crippen molar-refractivity contribution in [3.8, 4) is 17.2 Å². The number of hydrogen-bond acceptors (Lipinski definition) is 5. The second-order valence-electron chi connectivity index (χ2n) is 9.90. The third-order valence-corrected chi connectivity index (χ3v) is 6.74. The van der Waals surface area contributed by atoms with E-state index in [1.807, 2.05) is 32.1 Å². The zero-order valence-corrected chi connectivity index (χ0v) is 19.6. The van der Waals surface area contributed by atoms with Crippen molar-refractivity contribution in [3.05, 3.63) is 68.4 Å². The van der Waals surface area contributed by atoms with E-state index in [1.54, 1.807) is 0 Å². The maximum Gasteiger partial charge on any atom is 0.201 e. The molecule has 5 heteroatoms. The SMILES string of the molecule is CC1=CCC(=C(C)C)C(c2c3c(cc4c(=O)c5ccc(O)c(O)c5oc24)C=CC(C)(C)O3)C1. The molecule has 0 saturated carbocycles. The number of rotatable bonds is 1. The van der Waals surface area contributed by atoms with E-state index in [1.165, 1.54) is 28.9 Å². The standard InChI is InChI=1S/C28H28O5/c1-14(2)17-7-6-15(3)12-19(17)22-25-16(10-11-28(4,5)33-25)13-20-23(30)18-8-9-21(29)24(31)27(18)32-26(20)22/h6,8-11,13,19,29,31H,7,12H2,1-5H3. The first-order valence-corrected chi connectivity index (χ1v) is 11.3. The maximum absolute atomic E-state index is 13.5. The summed E-state index contributed by atoms with van der Waals surface area (Å²) in [7, 11) is 0. The maximum atomic E-state index is 13.5. The van der Waals surface area contributed by atoms with Gasteiger partial charge in [-0.2, -0.15) is 0 Å². The van der Waals surface area contributed by atoms with Gasteiger partial charge >= 0.3 is 0 Å². The van der Waals surface area contributed by atoms with E-state index in [-0.39, 0.29) is 28.1 Å². The largest absolute Gasteiger partial charge is 0.504 e. The molecule has 170 valence electrons. The minimum atomic E-state index is -0.516. The number of phenolic OH excluding ortho intramolecular Hbond substituents is 2. The van der Waals surface area contributed by atoms with Crippen LogP contribution in [0.15, 0.2) is 56.3 Å². The van der Waals surface area contributed by atoms with Crippen LogP contribution in [0.5, 0.6) is 17.2 Å². The van der Waals surface area contributed by atoms with Crippen LogP contribution in [0.4, 0.5) is 0 Å². The number of allylic oxidation sites excluding steroid dienone is 4. The van der Waals surface area contributed by atoms with E-state index in [0.717, 1.165) is 24.0 Å². The Morgan fingerprint density at radius 2 is 1.88 bits per heavy atom. The van der Waals surface area contributed by atoms with E-state index in [4.69, 9.17) is 9.15 Å². The number of aromatic hydroxyl groups is 2. The van der Waals surface area contributed by atoms with Crippen LogP contribution in [-0.2, 0) is 0 Å². The molecule has 0 amide bonds. The topological polar surface area (TPSA) is 79.9 Å². The lowest BCUT2D eigenvalue weighted by Crippen LogP contribution is -2.29. The molecule has 33 heavy (non-hydrogen) atoms. The quantitative estimate of drug-likeness (QED) is 0.248. The van der Waals surface area contributed by atoms with Crippen molar-refractivity contribution in [1.82, 2.24) is 0 Å². The smallest absolute Gasteiger partial charge is 0.201 e. The van der Waals surface area contributed by atoms with Gasteiger partial charge < -0.3 is 19.4 Å². The highest BCUT2D eigenvalue weighted by atomic mass is 16.5. The summed E-state index contributed by atoms with van der Waals surface area (Å²) in [4.78, 5) is 13.5. The van der Waals surface area contributed by atoms with Gasteiger partial charge in [-0.25, -0.2) is 0 Å². The first kappa shape index (κ1) is 21.4. The first-order chi connectivity index (χ1) is 15.6. The molecule has 5 rings (SSSR count). The van der Waals surface area contributed by atoms with Gasteiger partial charge in [0.1, 0.15) is 16.9 Å². The van der Waals surface area contributed by atoms with Crippen LogP contribution in [-0.4, -0.2) is 15.8 Å². The molecule has 0 spiro atoms. The summed E-state index contributed by atoms with van der Waals surface area (Å²) in [5.41, 5.74) is 5.06. The van der Waals surface area contributed by atoms with Crippen molar-refractivity contribution in [2.24, 2.45) is 0 Å². The number of fused-ring (bicyclic) bond motifs is 3. The van der Waals surface area contributed by atoms with E-state index in [0.29, 0.717) is 16.7 Å². The molecule has 5 nitrogen and oxygen atoms in total. The second-order valence-corrected chi connectivity index (χ2v) is 9.90. The van der Waals surface area contributed by atoms with Crippen LogP contribution >= 0.6 is 0 Å². The van der Waals surface area contributed by atoms with Crippen LogP contribution in [0, 0.1) is 0 Å². The molecule has 3 aromatic rings. The number of hydrogen-bond donors (Lipinski definition) is 2. The summed E-state index contributed by atoms with van der Waals surface area (Å²) in [6.07, 6.45) is 7.86. The van der Waals surface area contributed by atoms with Crippen molar-refractivity contribution >= 4 is 28.0 Å². The van der Waals surface area contributed by atoms with Gasteiger partial charge in [0.2, 0.25) is 11.2 Å². The Kier molecular flexibility index (Phi) is 4.71. The molecule has 0 fully saturated rings. The lowest BCUT2D eigenvalue weighted by molar-refractivity contribution is 0.157. The predicted octanol–water partition coefficient (Wildman–Crippen LogP) is 6.70. The van der Waals surface area contributed by atoms with Crippen molar-refractivity contribution in [1.29, 1.82) is 0 Å². The Labute approximate surface area is 192 Å². The summed E-state index contributed by atoms with van der Waals surface area (Å²) in [5, 5.41) is 21.2. The average molecular weight is 445 g/mol. The van der Waals surface area contributed by atoms with Gasteiger partial charge in [-0.15, -0.1) is 0 Å². The third-order valence-electron chi connectivity index (χ3n) is 6.74. The fraction of sp³-hybridized carbons (Fsp3) is 0.321. The van der Waals surface area contributed by atoms with Gasteiger partial charge in [-0.3, -0.25) is 4.79 Å². The minimum absolute atomic E-state index is 0.0128. The summed E-state index contributed by atoms with van der Waals surface area (Å²) >= 11 is 0. The van der Waals surface area contributed by atoms with Crippen LogP contribution in [0.25, 0.3) is 28.0 Å². The van der Waals surface area contributed by atoms with Crippen LogP contribution in [0.3, 0.4) is 0 Å². The summed E-state index contributed by atoms with van der Waals surface area (Å²) in [6, 6.07) is 4.60. The average Bonchev–Trinajstić information content (AvgIpc) is 2.75. The first-order valence-electron chi connectivity index (χ1n) is 11.3. The molecule has 1 atom stereocenters. The van der Waals surface area contributed by atoms with Crippen molar-refractivity contribution in [2.75, 3.05) is 0 Å². The van der Waals surface area contributed by atoms with E-state index in [2.05, 4.69) is 26.8 Å². The summed E-state index contributed by atoms with van der Waals surface area (Å²) in [5.74, 6) is -0.0832. The highest BCUT2D eigenvalue weighted by Gasteiger charge is 2.34. The Morgan fingerprint density at radius 3 is 2.61 bits per heavy atom. The summed E-state index contributed by atoms with van der Waals surface area (Å²) < 4.78 is 12.7. The second kappa shape index (κ2) is 7.27. The van der Waals surface area contributed by atoms with Gasteiger partial charge in [-0.1, -0.05) is 28.9 Å². The van der Waals surface area contributed by atoms with Crippen LogP contribution < -0.4 is 10.2 Å². The monoisotopic (exact) mass is 444 g/mol. The zero-order valence-electron chi connectivity index (χ0n) is 19.6. The fourth-order valence-electron chi connectivity index (χ4n) is 4.98. The molecule has 1 aliphatic heterocycles. The van der Waals surface area contributed by atoms with Crippen molar-refractivity contribution < 1.29 is 19.4 Å². The van der Waals surface area contributed by atoms with Gasteiger partial charge in [0.25, 0.3) is 0 Å². The molecule has 0 radical (unpaired) electrons. The highest BCUT2D eigenvalue weighted by molar-refractivity contribution is 5.97. The molecule has 0 bridgehead atoms. The lowest BCUT2D eigenvalue weighted by Gasteiger charge is -2.34. The normalized spacial score (nSPS) is 19.4. The van der Waals surface area contributed by atoms with E-state index in [9.17, 15) is 15.0 Å². The Morgan fingerprint density at radius 1 is 1.12 bits per heavy atom. The molecule has 1 aliphatic carbocycles.